The van der Waals surface area contributed by atoms with Crippen molar-refractivity contribution in [1.82, 2.24) is 10.2 Å². The van der Waals surface area contributed by atoms with Crippen LogP contribution in [0, 0.1) is 5.82 Å². The lowest BCUT2D eigenvalue weighted by molar-refractivity contribution is -0.147. The van der Waals surface area contributed by atoms with E-state index >= 15 is 0 Å². The average molecular weight is 481 g/mol. The van der Waals surface area contributed by atoms with Gasteiger partial charge in [-0.2, -0.15) is 0 Å². The van der Waals surface area contributed by atoms with Crippen LogP contribution >= 0.6 is 0 Å². The predicted molar refractivity (Wildman–Crippen MR) is 131 cm³/mol. The number of hydrogen-bond acceptors (Lipinski definition) is 4. The van der Waals surface area contributed by atoms with Crippen molar-refractivity contribution in [3.8, 4) is 0 Å². The topological polar surface area (TPSA) is 67.9 Å². The molecule has 2 amide bonds. The SMILES string of the molecule is CC=C1CO[C@@H](C(=O)N2CCc3ccccc3[C@@H]2c2ccc(F)cc2)C[C@@H]1NC(=O)OC(C)(C)C. The second-order valence-electron chi connectivity index (χ2n) is 10.0. The van der Waals surface area contributed by atoms with E-state index in [0.717, 1.165) is 23.1 Å². The zero-order valence-electron chi connectivity index (χ0n) is 20.7. The van der Waals surface area contributed by atoms with Crippen LogP contribution in [-0.4, -0.2) is 47.8 Å². The Morgan fingerprint density at radius 2 is 1.86 bits per heavy atom. The van der Waals surface area contributed by atoms with Gasteiger partial charge >= 0.3 is 6.09 Å². The molecule has 6 nitrogen and oxygen atoms in total. The van der Waals surface area contributed by atoms with E-state index in [1.807, 2.05) is 56.9 Å². The molecular formula is C28H33FN2O4. The minimum absolute atomic E-state index is 0.139. The number of nitrogens with one attached hydrogen (secondary N) is 1. The van der Waals surface area contributed by atoms with E-state index in [0.29, 0.717) is 13.0 Å². The van der Waals surface area contributed by atoms with Crippen LogP contribution in [0.1, 0.15) is 56.8 Å². The number of carbonyl (C=O) groups is 2. The molecule has 0 aromatic heterocycles. The molecule has 0 bridgehead atoms. The molecule has 1 saturated heterocycles. The molecule has 0 spiro atoms. The number of alkyl carbamates (subject to hydrolysis) is 1. The molecule has 2 aliphatic heterocycles. The van der Waals surface area contributed by atoms with Gasteiger partial charge in [0.2, 0.25) is 0 Å². The number of carbonyl (C=O) groups excluding carboxylic acids is 2. The van der Waals surface area contributed by atoms with E-state index in [2.05, 4.69) is 11.4 Å². The summed E-state index contributed by atoms with van der Waals surface area (Å²) in [7, 11) is 0. The van der Waals surface area contributed by atoms with Crippen molar-refractivity contribution in [2.75, 3.05) is 13.2 Å². The summed E-state index contributed by atoms with van der Waals surface area (Å²) in [5, 5.41) is 2.91. The van der Waals surface area contributed by atoms with E-state index in [4.69, 9.17) is 9.47 Å². The van der Waals surface area contributed by atoms with Crippen molar-refractivity contribution in [3.05, 3.63) is 82.7 Å². The number of hydrogen-bond donors (Lipinski definition) is 1. The summed E-state index contributed by atoms with van der Waals surface area (Å²) in [5.41, 5.74) is 3.34. The van der Waals surface area contributed by atoms with Gasteiger partial charge in [-0.25, -0.2) is 9.18 Å². The first-order valence-electron chi connectivity index (χ1n) is 12.1. The van der Waals surface area contributed by atoms with Gasteiger partial charge in [0, 0.05) is 13.0 Å². The first kappa shape index (κ1) is 24.9. The maximum atomic E-state index is 13.8. The molecule has 0 radical (unpaired) electrons. The lowest BCUT2D eigenvalue weighted by atomic mass is 9.87. The van der Waals surface area contributed by atoms with Crippen molar-refractivity contribution >= 4 is 12.0 Å². The Morgan fingerprint density at radius 3 is 2.54 bits per heavy atom. The Bertz CT molecular complexity index is 1110. The minimum Gasteiger partial charge on any atom is -0.444 e. The molecule has 0 saturated carbocycles. The Morgan fingerprint density at radius 1 is 1.14 bits per heavy atom. The second kappa shape index (κ2) is 10.2. The van der Waals surface area contributed by atoms with Crippen LogP contribution in [0.5, 0.6) is 0 Å². The van der Waals surface area contributed by atoms with Gasteiger partial charge in [0.05, 0.1) is 18.7 Å². The van der Waals surface area contributed by atoms with Gasteiger partial charge in [-0.3, -0.25) is 4.79 Å². The van der Waals surface area contributed by atoms with E-state index in [1.165, 1.54) is 17.7 Å². The fraction of sp³-hybridized carbons (Fsp3) is 0.429. The molecule has 0 unspecified atom stereocenters. The van der Waals surface area contributed by atoms with Crippen LogP contribution in [0.4, 0.5) is 9.18 Å². The summed E-state index contributed by atoms with van der Waals surface area (Å²) >= 11 is 0. The molecule has 1 N–H and O–H groups in total. The lowest BCUT2D eigenvalue weighted by Gasteiger charge is -2.41. The summed E-state index contributed by atoms with van der Waals surface area (Å²) in [6.45, 7) is 8.09. The Balaban J connectivity index is 1.58. The summed E-state index contributed by atoms with van der Waals surface area (Å²) in [5.74, 6) is -0.457. The third-order valence-corrected chi connectivity index (χ3v) is 6.44. The third kappa shape index (κ3) is 5.73. The molecule has 0 aliphatic carbocycles. The molecular weight excluding hydrogens is 447 g/mol. The first-order chi connectivity index (χ1) is 16.7. The van der Waals surface area contributed by atoms with Crippen LogP contribution in [0.25, 0.3) is 0 Å². The standard InChI is InChI=1S/C28H33FN2O4/c1-5-18-17-34-24(16-23(18)30-27(33)35-28(2,3)4)26(32)31-15-14-19-8-6-7-9-22(19)25(31)20-10-12-21(29)13-11-20/h5-13,23-25H,14-17H2,1-4H3,(H,30,33)/t23-,24+,25-/m0/s1. The highest BCUT2D eigenvalue weighted by Crippen LogP contribution is 2.36. The Kier molecular flexibility index (Phi) is 7.26. The smallest absolute Gasteiger partial charge is 0.408 e. The van der Waals surface area contributed by atoms with E-state index < -0.39 is 17.8 Å². The van der Waals surface area contributed by atoms with Crippen molar-refractivity contribution in [2.45, 2.75) is 64.3 Å². The molecule has 186 valence electrons. The number of halogens is 1. The van der Waals surface area contributed by atoms with Gasteiger partial charge < -0.3 is 19.7 Å². The molecule has 2 aromatic rings. The minimum atomic E-state index is -0.716. The van der Waals surface area contributed by atoms with Gasteiger partial charge in [-0.15, -0.1) is 0 Å². The quantitative estimate of drug-likeness (QED) is 0.633. The molecule has 7 heteroatoms. The highest BCUT2D eigenvalue weighted by Gasteiger charge is 2.39. The molecule has 2 aromatic carbocycles. The molecule has 2 aliphatic rings. The number of rotatable bonds is 3. The highest BCUT2D eigenvalue weighted by atomic mass is 19.1. The molecule has 1 fully saturated rings. The van der Waals surface area contributed by atoms with Crippen LogP contribution in [0.15, 0.2) is 60.2 Å². The number of ether oxygens (including phenoxy) is 2. The van der Waals surface area contributed by atoms with Crippen molar-refractivity contribution in [3.63, 3.8) is 0 Å². The molecule has 4 rings (SSSR count). The summed E-state index contributed by atoms with van der Waals surface area (Å²) in [4.78, 5) is 28.1. The zero-order chi connectivity index (χ0) is 25.2. The number of fused-ring (bicyclic) bond motifs is 1. The normalized spacial score (nSPS) is 23.5. The number of amides is 2. The van der Waals surface area contributed by atoms with Crippen molar-refractivity contribution in [2.24, 2.45) is 0 Å². The average Bonchev–Trinajstić information content (AvgIpc) is 2.82. The summed E-state index contributed by atoms with van der Waals surface area (Å²) in [6.07, 6.45) is 1.71. The summed E-state index contributed by atoms with van der Waals surface area (Å²) < 4.78 is 25.1. The second-order valence-corrected chi connectivity index (χ2v) is 10.0. The molecule has 3 atom stereocenters. The van der Waals surface area contributed by atoms with Crippen molar-refractivity contribution in [1.29, 1.82) is 0 Å². The van der Waals surface area contributed by atoms with Crippen molar-refractivity contribution < 1.29 is 23.5 Å². The fourth-order valence-electron chi connectivity index (χ4n) is 4.78. The summed E-state index contributed by atoms with van der Waals surface area (Å²) in [6, 6.07) is 13.7. The van der Waals surface area contributed by atoms with Crippen LogP contribution in [0.3, 0.4) is 0 Å². The van der Waals surface area contributed by atoms with Gasteiger partial charge in [0.25, 0.3) is 5.91 Å². The largest absolute Gasteiger partial charge is 0.444 e. The van der Waals surface area contributed by atoms with E-state index in [1.54, 1.807) is 12.1 Å². The predicted octanol–water partition coefficient (Wildman–Crippen LogP) is 4.93. The van der Waals surface area contributed by atoms with Gasteiger partial charge in [0.1, 0.15) is 17.5 Å². The Labute approximate surface area is 206 Å². The van der Waals surface area contributed by atoms with Crippen LogP contribution in [-0.2, 0) is 20.7 Å². The van der Waals surface area contributed by atoms with Gasteiger partial charge in [0.15, 0.2) is 0 Å². The number of nitrogens with zero attached hydrogens (tertiary/aromatic N) is 1. The lowest BCUT2D eigenvalue weighted by Crippen LogP contribution is -2.52. The maximum absolute atomic E-state index is 13.8. The monoisotopic (exact) mass is 480 g/mol. The maximum Gasteiger partial charge on any atom is 0.408 e. The fourth-order valence-corrected chi connectivity index (χ4v) is 4.78. The zero-order valence-corrected chi connectivity index (χ0v) is 20.7. The molecule has 35 heavy (non-hydrogen) atoms. The van der Waals surface area contributed by atoms with Gasteiger partial charge in [-0.05, 0) is 68.5 Å². The highest BCUT2D eigenvalue weighted by molar-refractivity contribution is 5.83. The van der Waals surface area contributed by atoms with Gasteiger partial charge in [-0.1, -0.05) is 42.5 Å². The Hall–Kier alpha value is -3.19. The first-order valence-corrected chi connectivity index (χ1v) is 12.1. The van der Waals surface area contributed by atoms with E-state index in [-0.39, 0.29) is 30.4 Å². The number of benzene rings is 2. The van der Waals surface area contributed by atoms with E-state index in [9.17, 15) is 14.0 Å². The van der Waals surface area contributed by atoms with Crippen LogP contribution < -0.4 is 5.32 Å². The number of allylic oxidation sites excluding steroid dienone is 1. The van der Waals surface area contributed by atoms with Crippen LogP contribution in [0.2, 0.25) is 0 Å². The third-order valence-electron chi connectivity index (χ3n) is 6.44. The molecule has 2 heterocycles.